The van der Waals surface area contributed by atoms with Crippen LogP contribution < -0.4 is 0 Å². The zero-order valence-corrected chi connectivity index (χ0v) is 8.52. The highest BCUT2D eigenvalue weighted by molar-refractivity contribution is 7.44. The van der Waals surface area contributed by atoms with Gasteiger partial charge in [0.25, 0.3) is 8.53 Å². The third-order valence-corrected chi connectivity index (χ3v) is 3.02. The van der Waals surface area contributed by atoms with E-state index in [4.69, 9.17) is 9.05 Å². The molecule has 0 N–H and O–H groups in total. The van der Waals surface area contributed by atoms with Crippen LogP contribution in [0.5, 0.6) is 0 Å². The molecule has 0 aromatic rings. The van der Waals surface area contributed by atoms with Crippen LogP contribution in [0.25, 0.3) is 0 Å². The van der Waals surface area contributed by atoms with Crippen LogP contribution in [0.15, 0.2) is 0 Å². The van der Waals surface area contributed by atoms with Gasteiger partial charge in [0.1, 0.15) is 0 Å². The van der Waals surface area contributed by atoms with E-state index in [-0.39, 0.29) is 5.41 Å². The van der Waals surface area contributed by atoms with Gasteiger partial charge in [0.15, 0.2) is 0 Å². The molecule has 1 heterocycles. The molecular weight excluding hydrogens is 161 g/mol. The van der Waals surface area contributed by atoms with Crippen LogP contribution >= 0.6 is 8.53 Å². The van der Waals surface area contributed by atoms with Gasteiger partial charge in [-0.15, -0.1) is 0 Å². The summed E-state index contributed by atoms with van der Waals surface area (Å²) in [6.07, 6.45) is 0. The van der Waals surface area contributed by atoms with Crippen molar-refractivity contribution in [3.8, 4) is 0 Å². The monoisotopic (exact) mass is 177 g/mol. The highest BCUT2D eigenvalue weighted by Crippen LogP contribution is 2.47. The Kier molecular flexibility index (Phi) is 2.87. The first-order valence-electron chi connectivity index (χ1n) is 3.73. The van der Waals surface area contributed by atoms with Gasteiger partial charge in [-0.2, -0.15) is 0 Å². The first-order valence-corrected chi connectivity index (χ1v) is 4.86. The molecule has 0 spiro atoms. The lowest BCUT2D eigenvalue weighted by Gasteiger charge is -2.39. The standard InChI is InChI=1S/C7H16NO2P/c1-7(2)5-8(3)11(9-4)10-6-7/h5-6H2,1-4H3. The van der Waals surface area contributed by atoms with Crippen LogP contribution in [0.1, 0.15) is 13.8 Å². The minimum Gasteiger partial charge on any atom is -0.325 e. The Hall–Kier alpha value is 0.310. The average molecular weight is 177 g/mol. The molecule has 0 amide bonds. The molecule has 4 heteroatoms. The van der Waals surface area contributed by atoms with Crippen molar-refractivity contribution < 1.29 is 9.05 Å². The van der Waals surface area contributed by atoms with E-state index in [1.54, 1.807) is 7.11 Å². The lowest BCUT2D eigenvalue weighted by atomic mass is 9.95. The zero-order valence-electron chi connectivity index (χ0n) is 7.63. The molecule has 3 nitrogen and oxygen atoms in total. The fourth-order valence-electron chi connectivity index (χ4n) is 1.24. The normalized spacial score (nSPS) is 32.2. The summed E-state index contributed by atoms with van der Waals surface area (Å²) < 4.78 is 12.8. The summed E-state index contributed by atoms with van der Waals surface area (Å²) in [5.41, 5.74) is 0.270. The minimum absolute atomic E-state index is 0.270. The molecule has 0 aromatic heterocycles. The van der Waals surface area contributed by atoms with E-state index >= 15 is 0 Å². The third-order valence-electron chi connectivity index (χ3n) is 1.66. The lowest BCUT2D eigenvalue weighted by molar-refractivity contribution is 0.0954. The van der Waals surface area contributed by atoms with Gasteiger partial charge >= 0.3 is 0 Å². The lowest BCUT2D eigenvalue weighted by Crippen LogP contribution is -2.37. The molecule has 0 aliphatic carbocycles. The van der Waals surface area contributed by atoms with Gasteiger partial charge in [-0.05, 0) is 7.05 Å². The Balaban J connectivity index is 2.48. The van der Waals surface area contributed by atoms with E-state index in [1.165, 1.54) is 0 Å². The van der Waals surface area contributed by atoms with Crippen molar-refractivity contribution >= 4 is 8.53 Å². The average Bonchev–Trinajstić information content (AvgIpc) is 1.86. The molecule has 1 fully saturated rings. The number of nitrogens with zero attached hydrogens (tertiary/aromatic N) is 1. The molecule has 0 aromatic carbocycles. The van der Waals surface area contributed by atoms with E-state index in [1.807, 2.05) is 7.05 Å². The third kappa shape index (κ3) is 2.38. The SMILES string of the molecule is COP1OCC(C)(C)CN1C. The van der Waals surface area contributed by atoms with Crippen LogP contribution in [0.3, 0.4) is 0 Å². The van der Waals surface area contributed by atoms with E-state index in [0.29, 0.717) is 0 Å². The molecule has 1 aliphatic heterocycles. The van der Waals surface area contributed by atoms with Gasteiger partial charge in [0, 0.05) is 19.1 Å². The van der Waals surface area contributed by atoms with Crippen molar-refractivity contribution in [1.82, 2.24) is 4.67 Å². The Labute approximate surface area is 69.6 Å². The van der Waals surface area contributed by atoms with Crippen molar-refractivity contribution in [3.63, 3.8) is 0 Å². The minimum atomic E-state index is -0.756. The van der Waals surface area contributed by atoms with Crippen LogP contribution in [0.2, 0.25) is 0 Å². The summed E-state index contributed by atoms with van der Waals surface area (Å²) in [6, 6.07) is 0. The number of hydrogen-bond donors (Lipinski definition) is 0. The molecule has 66 valence electrons. The predicted octanol–water partition coefficient (Wildman–Crippen LogP) is 1.85. The summed E-state index contributed by atoms with van der Waals surface area (Å²) in [5.74, 6) is 0. The van der Waals surface area contributed by atoms with Crippen molar-refractivity contribution in [1.29, 1.82) is 0 Å². The first kappa shape index (κ1) is 9.40. The maximum Gasteiger partial charge on any atom is 0.258 e. The van der Waals surface area contributed by atoms with Crippen LogP contribution in [0, 0.1) is 5.41 Å². The fourth-order valence-corrected chi connectivity index (χ4v) is 2.78. The first-order chi connectivity index (χ1) is 5.05. The van der Waals surface area contributed by atoms with E-state index in [0.717, 1.165) is 13.2 Å². The van der Waals surface area contributed by atoms with E-state index in [2.05, 4.69) is 18.5 Å². The second kappa shape index (κ2) is 3.36. The molecule has 1 aliphatic rings. The smallest absolute Gasteiger partial charge is 0.258 e. The Morgan fingerprint density at radius 1 is 1.55 bits per heavy atom. The molecule has 0 saturated carbocycles. The molecule has 1 unspecified atom stereocenters. The van der Waals surface area contributed by atoms with Gasteiger partial charge in [0.2, 0.25) is 0 Å². The van der Waals surface area contributed by atoms with Crippen LogP contribution in [0.4, 0.5) is 0 Å². The van der Waals surface area contributed by atoms with Crippen molar-refractivity contribution in [2.24, 2.45) is 5.41 Å². The molecular formula is C7H16NO2P. The summed E-state index contributed by atoms with van der Waals surface area (Å²) in [5, 5.41) is 0. The van der Waals surface area contributed by atoms with Crippen molar-refractivity contribution in [3.05, 3.63) is 0 Å². The second-order valence-electron chi connectivity index (χ2n) is 3.67. The molecule has 1 saturated heterocycles. The quantitative estimate of drug-likeness (QED) is 0.570. The van der Waals surface area contributed by atoms with E-state index < -0.39 is 8.53 Å². The maximum atomic E-state index is 5.52. The predicted molar refractivity (Wildman–Crippen MR) is 46.3 cm³/mol. The van der Waals surface area contributed by atoms with Crippen molar-refractivity contribution in [2.75, 3.05) is 27.3 Å². The summed E-state index contributed by atoms with van der Waals surface area (Å²) in [4.78, 5) is 0. The van der Waals surface area contributed by atoms with E-state index in [9.17, 15) is 0 Å². The zero-order chi connectivity index (χ0) is 8.48. The van der Waals surface area contributed by atoms with Gasteiger partial charge in [-0.25, -0.2) is 4.67 Å². The molecule has 0 radical (unpaired) electrons. The maximum absolute atomic E-state index is 5.52. The highest BCUT2D eigenvalue weighted by atomic mass is 31.2. The molecule has 1 atom stereocenters. The molecule has 1 rings (SSSR count). The highest BCUT2D eigenvalue weighted by Gasteiger charge is 2.32. The Morgan fingerprint density at radius 3 is 2.64 bits per heavy atom. The summed E-state index contributed by atoms with van der Waals surface area (Å²) in [6.45, 7) is 6.25. The largest absolute Gasteiger partial charge is 0.325 e. The Bertz CT molecular complexity index is 140. The summed E-state index contributed by atoms with van der Waals surface area (Å²) in [7, 11) is 2.98. The number of hydrogen-bond acceptors (Lipinski definition) is 3. The van der Waals surface area contributed by atoms with Crippen LogP contribution in [-0.4, -0.2) is 32.0 Å². The topological polar surface area (TPSA) is 21.7 Å². The molecule has 11 heavy (non-hydrogen) atoms. The van der Waals surface area contributed by atoms with Gasteiger partial charge in [-0.1, -0.05) is 13.8 Å². The van der Waals surface area contributed by atoms with Gasteiger partial charge < -0.3 is 9.05 Å². The van der Waals surface area contributed by atoms with Gasteiger partial charge in [-0.3, -0.25) is 0 Å². The second-order valence-corrected chi connectivity index (χ2v) is 5.46. The molecule has 0 bridgehead atoms. The van der Waals surface area contributed by atoms with Crippen LogP contribution in [-0.2, 0) is 9.05 Å². The summed E-state index contributed by atoms with van der Waals surface area (Å²) >= 11 is 0. The Morgan fingerprint density at radius 2 is 2.18 bits per heavy atom. The van der Waals surface area contributed by atoms with Gasteiger partial charge in [0.05, 0.1) is 6.61 Å². The fraction of sp³-hybridized carbons (Fsp3) is 1.00. The van der Waals surface area contributed by atoms with Crippen molar-refractivity contribution in [2.45, 2.75) is 13.8 Å². The number of rotatable bonds is 1.